The molecule has 0 saturated carbocycles. The Kier molecular flexibility index (Phi) is 3.51. The van der Waals surface area contributed by atoms with E-state index in [9.17, 15) is 14.0 Å². The average Bonchev–Trinajstić information content (AvgIpc) is 2.71. The van der Waals surface area contributed by atoms with Gasteiger partial charge >= 0.3 is 0 Å². The minimum Gasteiger partial charge on any atom is -0.344 e. The molecule has 1 amide bonds. The Morgan fingerprint density at radius 2 is 2.04 bits per heavy atom. The van der Waals surface area contributed by atoms with Crippen LogP contribution < -0.4 is 0 Å². The van der Waals surface area contributed by atoms with Crippen molar-refractivity contribution in [3.63, 3.8) is 0 Å². The molecule has 3 aliphatic heterocycles. The summed E-state index contributed by atoms with van der Waals surface area (Å²) in [6.07, 6.45) is -0.663. The number of ketones is 1. The Labute approximate surface area is 139 Å². The van der Waals surface area contributed by atoms with Gasteiger partial charge in [-0.1, -0.05) is 6.07 Å². The number of rotatable bonds is 0. The van der Waals surface area contributed by atoms with Gasteiger partial charge in [0.25, 0.3) is 5.91 Å². The molecule has 2 saturated heterocycles. The van der Waals surface area contributed by atoms with E-state index in [1.165, 1.54) is 12.1 Å². The first-order chi connectivity index (χ1) is 11.3. The quantitative estimate of drug-likeness (QED) is 0.730. The number of fused-ring (bicyclic) bond motifs is 6. The van der Waals surface area contributed by atoms with Crippen molar-refractivity contribution < 1.29 is 23.5 Å². The van der Waals surface area contributed by atoms with Gasteiger partial charge in [0.15, 0.2) is 11.9 Å². The molecule has 2 fully saturated rings. The lowest BCUT2D eigenvalue weighted by Gasteiger charge is -2.26. The fourth-order valence-corrected chi connectivity index (χ4v) is 4.01. The topological polar surface area (TPSA) is 55.8 Å². The lowest BCUT2D eigenvalue weighted by molar-refractivity contribution is -0.162. The minimum atomic E-state index is -0.890. The molecule has 4 rings (SSSR count). The van der Waals surface area contributed by atoms with Gasteiger partial charge in [0.1, 0.15) is 17.7 Å². The van der Waals surface area contributed by atoms with Crippen molar-refractivity contribution in [1.82, 2.24) is 4.90 Å². The Hall–Kier alpha value is -1.79. The number of ether oxygens (including phenoxy) is 2. The third-order valence-electron chi connectivity index (χ3n) is 5.06. The fourth-order valence-electron chi connectivity index (χ4n) is 4.01. The van der Waals surface area contributed by atoms with Crippen molar-refractivity contribution in [3.05, 3.63) is 35.1 Å². The van der Waals surface area contributed by atoms with Crippen molar-refractivity contribution in [2.75, 3.05) is 6.54 Å². The minimum absolute atomic E-state index is 0.0238. The largest absolute Gasteiger partial charge is 0.344 e. The molecular weight excluding hydrogens is 313 g/mol. The zero-order chi connectivity index (χ0) is 17.1. The molecule has 2 bridgehead atoms. The molecule has 1 unspecified atom stereocenters. The van der Waals surface area contributed by atoms with E-state index < -0.39 is 18.0 Å². The van der Waals surface area contributed by atoms with Crippen LogP contribution >= 0.6 is 0 Å². The molecular formula is C18H20FNO4. The Morgan fingerprint density at radius 1 is 1.25 bits per heavy atom. The maximum absolute atomic E-state index is 13.7. The molecule has 0 aliphatic carbocycles. The molecule has 0 spiro atoms. The molecule has 1 aromatic rings. The van der Waals surface area contributed by atoms with Crippen LogP contribution in [0, 0.1) is 5.82 Å². The van der Waals surface area contributed by atoms with Gasteiger partial charge in [-0.3, -0.25) is 9.59 Å². The Bertz CT molecular complexity index is 717. The molecule has 128 valence electrons. The summed E-state index contributed by atoms with van der Waals surface area (Å²) in [7, 11) is 0. The summed E-state index contributed by atoms with van der Waals surface area (Å²) >= 11 is 0. The zero-order valence-corrected chi connectivity index (χ0v) is 13.8. The van der Waals surface area contributed by atoms with Gasteiger partial charge in [-0.2, -0.15) is 0 Å². The summed E-state index contributed by atoms with van der Waals surface area (Å²) < 4.78 is 25.2. The number of nitrogens with zero attached hydrogens (tertiary/aromatic N) is 1. The summed E-state index contributed by atoms with van der Waals surface area (Å²) in [5, 5.41) is 0. The van der Waals surface area contributed by atoms with Gasteiger partial charge in [-0.05, 0) is 43.5 Å². The van der Waals surface area contributed by atoms with Crippen molar-refractivity contribution in [2.45, 2.75) is 57.1 Å². The van der Waals surface area contributed by atoms with Crippen LogP contribution in [-0.2, 0) is 25.6 Å². The van der Waals surface area contributed by atoms with E-state index >= 15 is 0 Å². The molecule has 24 heavy (non-hydrogen) atoms. The molecule has 3 aliphatic rings. The van der Waals surface area contributed by atoms with Crippen LogP contribution in [0.1, 0.15) is 43.7 Å². The van der Waals surface area contributed by atoms with E-state index in [0.717, 1.165) is 5.56 Å². The maximum Gasteiger partial charge on any atom is 0.254 e. The highest BCUT2D eigenvalue weighted by molar-refractivity contribution is 5.90. The second-order valence-electron chi connectivity index (χ2n) is 7.21. The third-order valence-corrected chi connectivity index (χ3v) is 5.06. The van der Waals surface area contributed by atoms with Crippen molar-refractivity contribution in [1.29, 1.82) is 0 Å². The molecule has 3 atom stereocenters. The predicted octanol–water partition coefficient (Wildman–Crippen LogP) is 2.13. The summed E-state index contributed by atoms with van der Waals surface area (Å²) in [6.45, 7) is 4.24. The SMILES string of the molecule is CC1(C)O[C@@H]2C(=O)N3CCC(C(=O)C[C@H]2O1)c1ccc(F)cc1C3. The second-order valence-corrected chi connectivity index (χ2v) is 7.21. The fraction of sp³-hybridized carbons (Fsp3) is 0.556. The average molecular weight is 333 g/mol. The number of Topliss-reactive ketones (excluding diaryl/α,β-unsaturated/α-hetero) is 1. The lowest BCUT2D eigenvalue weighted by atomic mass is 9.86. The van der Waals surface area contributed by atoms with Gasteiger partial charge in [-0.15, -0.1) is 0 Å². The highest BCUT2D eigenvalue weighted by Gasteiger charge is 2.49. The highest BCUT2D eigenvalue weighted by atomic mass is 19.1. The first kappa shape index (κ1) is 15.7. The highest BCUT2D eigenvalue weighted by Crippen LogP contribution is 2.38. The van der Waals surface area contributed by atoms with Gasteiger partial charge in [0, 0.05) is 25.4 Å². The Balaban J connectivity index is 1.79. The van der Waals surface area contributed by atoms with Crippen molar-refractivity contribution in [3.8, 4) is 0 Å². The van der Waals surface area contributed by atoms with Gasteiger partial charge < -0.3 is 14.4 Å². The summed E-state index contributed by atoms with van der Waals surface area (Å²) in [4.78, 5) is 27.5. The third kappa shape index (κ3) is 2.54. The lowest BCUT2D eigenvalue weighted by Crippen LogP contribution is -2.43. The maximum atomic E-state index is 13.7. The van der Waals surface area contributed by atoms with Crippen LogP contribution in [0.3, 0.4) is 0 Å². The number of hydrogen-bond acceptors (Lipinski definition) is 4. The van der Waals surface area contributed by atoms with E-state index in [2.05, 4.69) is 0 Å². The Morgan fingerprint density at radius 3 is 2.83 bits per heavy atom. The van der Waals surface area contributed by atoms with Crippen LogP contribution in [0.4, 0.5) is 4.39 Å². The van der Waals surface area contributed by atoms with Crippen molar-refractivity contribution >= 4 is 11.7 Å². The molecule has 0 aromatic heterocycles. The second kappa shape index (κ2) is 5.36. The van der Waals surface area contributed by atoms with Gasteiger partial charge in [0.05, 0.1) is 0 Å². The number of amides is 1. The molecule has 5 nitrogen and oxygen atoms in total. The van der Waals surface area contributed by atoms with Gasteiger partial charge in [0.2, 0.25) is 0 Å². The van der Waals surface area contributed by atoms with Crippen molar-refractivity contribution in [2.24, 2.45) is 0 Å². The van der Waals surface area contributed by atoms with Gasteiger partial charge in [-0.25, -0.2) is 4.39 Å². The smallest absolute Gasteiger partial charge is 0.254 e. The van der Waals surface area contributed by atoms with E-state index in [0.29, 0.717) is 25.1 Å². The van der Waals surface area contributed by atoms with Crippen LogP contribution in [0.5, 0.6) is 0 Å². The normalized spacial score (nSPS) is 31.8. The van der Waals surface area contributed by atoms with Crippen LogP contribution in [-0.4, -0.2) is 41.1 Å². The molecule has 1 aromatic carbocycles. The molecule has 6 heteroatoms. The van der Waals surface area contributed by atoms with E-state index in [1.54, 1.807) is 24.8 Å². The molecule has 0 radical (unpaired) electrons. The van der Waals surface area contributed by atoms with Crippen LogP contribution in [0.2, 0.25) is 0 Å². The molecule has 0 N–H and O–H groups in total. The number of carbonyl (C=O) groups is 2. The van der Waals surface area contributed by atoms with E-state index in [1.807, 2.05) is 0 Å². The first-order valence-corrected chi connectivity index (χ1v) is 8.29. The number of hydrogen-bond donors (Lipinski definition) is 0. The predicted molar refractivity (Wildman–Crippen MR) is 82.6 cm³/mol. The van der Waals surface area contributed by atoms with E-state index in [4.69, 9.17) is 9.47 Å². The monoisotopic (exact) mass is 333 g/mol. The van der Waals surface area contributed by atoms with E-state index in [-0.39, 0.29) is 29.8 Å². The number of halogens is 1. The number of carbonyl (C=O) groups excluding carboxylic acids is 2. The first-order valence-electron chi connectivity index (χ1n) is 8.29. The number of benzene rings is 1. The zero-order valence-electron chi connectivity index (χ0n) is 13.8. The summed E-state index contributed by atoms with van der Waals surface area (Å²) in [5.74, 6) is -1.74. The van der Waals surface area contributed by atoms with Crippen LogP contribution in [0.25, 0.3) is 0 Å². The summed E-state index contributed by atoms with van der Waals surface area (Å²) in [5.41, 5.74) is 1.53. The molecule has 3 heterocycles. The van der Waals surface area contributed by atoms with Crippen LogP contribution in [0.15, 0.2) is 18.2 Å². The summed E-state index contributed by atoms with van der Waals surface area (Å²) in [6, 6.07) is 4.48. The standard InChI is InChI=1S/C18H20FNO4/c1-18(2)23-15-8-14(21)13-5-6-20(17(22)16(15)24-18)9-10-7-11(19)3-4-12(10)13/h3-4,7,13,15-16H,5-6,8-9H2,1-2H3/t13?,15-,16+/m1/s1.